The molecule has 0 aliphatic carbocycles. The second-order valence-electron chi connectivity index (χ2n) is 4.40. The molecule has 1 nitrogen and oxygen atoms in total. The predicted octanol–water partition coefficient (Wildman–Crippen LogP) is 3.96. The van der Waals surface area contributed by atoms with E-state index in [-0.39, 0.29) is 5.38 Å². The highest BCUT2D eigenvalue weighted by atomic mass is 35.5. The van der Waals surface area contributed by atoms with E-state index >= 15 is 0 Å². The van der Waals surface area contributed by atoms with Crippen molar-refractivity contribution >= 4 is 11.6 Å². The lowest BCUT2D eigenvalue weighted by molar-refractivity contribution is 0.159. The van der Waals surface area contributed by atoms with Gasteiger partial charge in [0.1, 0.15) is 0 Å². The molecule has 2 atom stereocenters. The van der Waals surface area contributed by atoms with Gasteiger partial charge in [0.15, 0.2) is 0 Å². The van der Waals surface area contributed by atoms with E-state index in [1.807, 2.05) is 48.5 Å². The zero-order chi connectivity index (χ0) is 12.8. The largest absolute Gasteiger partial charge is 0.391 e. The fourth-order valence-corrected chi connectivity index (χ4v) is 2.24. The van der Waals surface area contributed by atoms with Gasteiger partial charge in [-0.15, -0.1) is 11.6 Å². The zero-order valence-corrected chi connectivity index (χ0v) is 10.9. The molecule has 0 fully saturated rings. The van der Waals surface area contributed by atoms with E-state index in [9.17, 15) is 5.11 Å². The lowest BCUT2D eigenvalue weighted by atomic mass is 10.0. The predicted molar refractivity (Wildman–Crippen MR) is 75.8 cm³/mol. The van der Waals surface area contributed by atoms with Crippen molar-refractivity contribution in [1.29, 1.82) is 0 Å². The average Bonchev–Trinajstić information content (AvgIpc) is 2.46. The number of aliphatic hydroxyl groups excluding tert-OH is 1. The first kappa shape index (κ1) is 13.1. The highest BCUT2D eigenvalue weighted by Gasteiger charge is 2.17. The van der Waals surface area contributed by atoms with E-state index in [1.165, 1.54) is 5.56 Å². The van der Waals surface area contributed by atoms with Crippen LogP contribution in [0.1, 0.15) is 22.9 Å². The lowest BCUT2D eigenvalue weighted by Gasteiger charge is -2.17. The summed E-state index contributed by atoms with van der Waals surface area (Å²) < 4.78 is 0. The van der Waals surface area contributed by atoms with Crippen LogP contribution in [0.5, 0.6) is 0 Å². The number of hydrogen-bond donors (Lipinski definition) is 1. The number of alkyl halides is 1. The Hall–Kier alpha value is -1.31. The third-order valence-corrected chi connectivity index (χ3v) is 3.57. The van der Waals surface area contributed by atoms with Crippen molar-refractivity contribution in [2.24, 2.45) is 0 Å². The van der Waals surface area contributed by atoms with Crippen LogP contribution in [0.15, 0.2) is 60.7 Å². The fourth-order valence-electron chi connectivity index (χ4n) is 1.96. The van der Waals surface area contributed by atoms with Gasteiger partial charge >= 0.3 is 0 Å². The highest BCUT2D eigenvalue weighted by Crippen LogP contribution is 2.26. The first-order valence-corrected chi connectivity index (χ1v) is 6.62. The topological polar surface area (TPSA) is 20.2 Å². The summed E-state index contributed by atoms with van der Waals surface area (Å²) in [5, 5.41) is 9.76. The Morgan fingerprint density at radius 1 is 0.889 bits per heavy atom. The third-order valence-electron chi connectivity index (χ3n) is 3.03. The van der Waals surface area contributed by atoms with E-state index in [4.69, 9.17) is 11.6 Å². The van der Waals surface area contributed by atoms with Crippen molar-refractivity contribution in [1.82, 2.24) is 0 Å². The van der Waals surface area contributed by atoms with E-state index in [0.717, 1.165) is 12.0 Å². The van der Waals surface area contributed by atoms with Crippen molar-refractivity contribution in [3.63, 3.8) is 0 Å². The van der Waals surface area contributed by atoms with Gasteiger partial charge in [-0.2, -0.15) is 0 Å². The molecule has 0 radical (unpaired) electrons. The standard InChI is InChI=1S/C16H17ClO/c17-16(14-9-5-2-6-10-14)15(18)12-11-13-7-3-1-4-8-13/h1-10,15-16,18H,11-12H2/t15-,16?/m1/s1. The van der Waals surface area contributed by atoms with Crippen LogP contribution >= 0.6 is 11.6 Å². The number of hydrogen-bond acceptors (Lipinski definition) is 1. The third kappa shape index (κ3) is 3.59. The van der Waals surface area contributed by atoms with Gasteiger partial charge in [-0.25, -0.2) is 0 Å². The number of aliphatic hydroxyl groups is 1. The summed E-state index contributed by atoms with van der Waals surface area (Å²) in [6.45, 7) is 0. The summed E-state index contributed by atoms with van der Waals surface area (Å²) in [5.41, 5.74) is 2.20. The first-order valence-electron chi connectivity index (χ1n) is 6.18. The van der Waals surface area contributed by atoms with E-state index in [0.29, 0.717) is 6.42 Å². The van der Waals surface area contributed by atoms with Crippen molar-refractivity contribution in [3.8, 4) is 0 Å². The Balaban J connectivity index is 1.90. The molecule has 0 amide bonds. The highest BCUT2D eigenvalue weighted by molar-refractivity contribution is 6.21. The summed E-state index contributed by atoms with van der Waals surface area (Å²) in [4.78, 5) is 0. The maximum Gasteiger partial charge on any atom is 0.0844 e. The molecule has 0 spiro atoms. The number of benzene rings is 2. The monoisotopic (exact) mass is 260 g/mol. The molecule has 1 unspecified atom stereocenters. The molecule has 1 N–H and O–H groups in total. The van der Waals surface area contributed by atoms with Crippen LogP contribution in [-0.4, -0.2) is 11.2 Å². The van der Waals surface area contributed by atoms with E-state index in [2.05, 4.69) is 12.1 Å². The molecule has 2 rings (SSSR count). The summed E-state index contributed by atoms with van der Waals surface area (Å²) in [7, 11) is 0. The number of rotatable bonds is 5. The van der Waals surface area contributed by atoms with Crippen LogP contribution in [0.25, 0.3) is 0 Å². The molecule has 2 aromatic carbocycles. The number of halogens is 1. The average molecular weight is 261 g/mol. The van der Waals surface area contributed by atoms with Crippen LogP contribution in [0, 0.1) is 0 Å². The second-order valence-corrected chi connectivity index (χ2v) is 4.87. The van der Waals surface area contributed by atoms with Crippen molar-refractivity contribution in [2.75, 3.05) is 0 Å². The molecule has 18 heavy (non-hydrogen) atoms. The molecular weight excluding hydrogens is 244 g/mol. The van der Waals surface area contributed by atoms with Crippen LogP contribution in [-0.2, 0) is 6.42 Å². The summed E-state index contributed by atoms with van der Waals surface area (Å²) in [6.07, 6.45) is 1.000. The molecule has 0 saturated carbocycles. The van der Waals surface area contributed by atoms with E-state index in [1.54, 1.807) is 0 Å². The molecule has 2 heteroatoms. The minimum absolute atomic E-state index is 0.338. The summed E-state index contributed by atoms with van der Waals surface area (Å²) in [5.74, 6) is 0. The normalized spacial score (nSPS) is 14.1. The molecular formula is C16H17ClO. The van der Waals surface area contributed by atoms with Crippen LogP contribution in [0.3, 0.4) is 0 Å². The smallest absolute Gasteiger partial charge is 0.0844 e. The van der Waals surface area contributed by atoms with Crippen LogP contribution < -0.4 is 0 Å². The zero-order valence-electron chi connectivity index (χ0n) is 10.2. The molecule has 0 aliphatic heterocycles. The van der Waals surface area contributed by atoms with Gasteiger partial charge in [0.25, 0.3) is 0 Å². The van der Waals surface area contributed by atoms with Gasteiger partial charge in [0.2, 0.25) is 0 Å². The number of aryl methyl sites for hydroxylation is 1. The Labute approximate surface area is 113 Å². The van der Waals surface area contributed by atoms with Crippen molar-refractivity contribution in [2.45, 2.75) is 24.3 Å². The van der Waals surface area contributed by atoms with Crippen molar-refractivity contribution in [3.05, 3.63) is 71.8 Å². The van der Waals surface area contributed by atoms with Gasteiger partial charge in [-0.05, 0) is 24.0 Å². The van der Waals surface area contributed by atoms with Crippen molar-refractivity contribution < 1.29 is 5.11 Å². The lowest BCUT2D eigenvalue weighted by Crippen LogP contribution is -2.14. The summed E-state index contributed by atoms with van der Waals surface area (Å²) >= 11 is 6.27. The molecule has 2 aromatic rings. The molecule has 0 saturated heterocycles. The molecule has 0 heterocycles. The minimum atomic E-state index is -0.519. The minimum Gasteiger partial charge on any atom is -0.391 e. The maximum absolute atomic E-state index is 10.1. The Kier molecular flexibility index (Phi) is 4.80. The fraction of sp³-hybridized carbons (Fsp3) is 0.250. The Morgan fingerprint density at radius 3 is 2.06 bits per heavy atom. The maximum atomic E-state index is 10.1. The first-order chi connectivity index (χ1) is 8.77. The Morgan fingerprint density at radius 2 is 1.44 bits per heavy atom. The SMILES string of the molecule is O[C@H](CCc1ccccc1)C(Cl)c1ccccc1. The molecule has 0 aromatic heterocycles. The van der Waals surface area contributed by atoms with Crippen LogP contribution in [0.2, 0.25) is 0 Å². The van der Waals surface area contributed by atoms with Gasteiger partial charge in [-0.1, -0.05) is 60.7 Å². The molecule has 0 bridgehead atoms. The van der Waals surface area contributed by atoms with Gasteiger partial charge in [-0.3, -0.25) is 0 Å². The van der Waals surface area contributed by atoms with Gasteiger partial charge < -0.3 is 5.11 Å². The Bertz CT molecular complexity index is 455. The van der Waals surface area contributed by atoms with Gasteiger partial charge in [0, 0.05) is 0 Å². The molecule has 94 valence electrons. The van der Waals surface area contributed by atoms with E-state index < -0.39 is 6.10 Å². The molecule has 0 aliphatic rings. The second kappa shape index (κ2) is 6.58. The summed E-state index contributed by atoms with van der Waals surface area (Å²) in [6, 6.07) is 19.9. The van der Waals surface area contributed by atoms with Crippen LogP contribution in [0.4, 0.5) is 0 Å². The van der Waals surface area contributed by atoms with Gasteiger partial charge in [0.05, 0.1) is 11.5 Å². The quantitative estimate of drug-likeness (QED) is 0.807.